The summed E-state index contributed by atoms with van der Waals surface area (Å²) < 4.78 is 2.03. The van der Waals surface area contributed by atoms with Crippen molar-refractivity contribution in [2.75, 3.05) is 5.32 Å². The number of hydrogen-bond donors (Lipinski definition) is 2. The van der Waals surface area contributed by atoms with E-state index in [-0.39, 0.29) is 11.3 Å². The first-order valence-electron chi connectivity index (χ1n) is 6.91. The molecule has 0 radical (unpaired) electrons. The Labute approximate surface area is 130 Å². The van der Waals surface area contributed by atoms with Crippen molar-refractivity contribution in [2.24, 2.45) is 5.92 Å². The molecular weight excluding hydrogens is 334 g/mol. The fraction of sp³-hybridized carbons (Fsp3) is 0.333. The van der Waals surface area contributed by atoms with Crippen LogP contribution in [0.3, 0.4) is 0 Å². The number of hydrogen-bond acceptors (Lipinski definition) is 4. The first-order valence-corrected chi connectivity index (χ1v) is 7.70. The van der Waals surface area contributed by atoms with E-state index in [1.165, 1.54) is 17.5 Å². The quantitative estimate of drug-likeness (QED) is 0.870. The SMILES string of the molecule is O=c1c(Br)c(NCc2ccc(O)cc2)cnn1CC1CC1. The first kappa shape index (κ1) is 14.1. The molecule has 1 aromatic heterocycles. The average Bonchev–Trinajstić information content (AvgIpc) is 3.29. The van der Waals surface area contributed by atoms with Gasteiger partial charge in [-0.3, -0.25) is 4.79 Å². The molecule has 0 amide bonds. The second-order valence-electron chi connectivity index (χ2n) is 5.32. The summed E-state index contributed by atoms with van der Waals surface area (Å²) in [6, 6.07) is 6.94. The highest BCUT2D eigenvalue weighted by atomic mass is 79.9. The molecule has 0 unspecified atom stereocenters. The summed E-state index contributed by atoms with van der Waals surface area (Å²) in [5, 5.41) is 16.6. The van der Waals surface area contributed by atoms with E-state index in [4.69, 9.17) is 0 Å². The van der Waals surface area contributed by atoms with Crippen LogP contribution in [0.1, 0.15) is 18.4 Å². The smallest absolute Gasteiger partial charge is 0.283 e. The molecule has 1 aliphatic rings. The van der Waals surface area contributed by atoms with Crippen molar-refractivity contribution in [2.45, 2.75) is 25.9 Å². The molecule has 2 aromatic rings. The standard InChI is InChI=1S/C15H16BrN3O2/c16-14-13(17-7-10-3-5-12(20)6-4-10)8-18-19(15(14)21)9-11-1-2-11/h3-6,8,11,17,20H,1-2,7,9H2. The van der Waals surface area contributed by atoms with Gasteiger partial charge in [0.05, 0.1) is 11.9 Å². The van der Waals surface area contributed by atoms with Crippen molar-refractivity contribution in [3.63, 3.8) is 0 Å². The number of nitrogens with zero attached hydrogens (tertiary/aromatic N) is 2. The number of phenols is 1. The van der Waals surface area contributed by atoms with E-state index in [1.807, 2.05) is 12.1 Å². The molecule has 3 rings (SSSR count). The number of aromatic hydroxyl groups is 1. The minimum atomic E-state index is -0.0994. The monoisotopic (exact) mass is 349 g/mol. The minimum Gasteiger partial charge on any atom is -0.508 e. The topological polar surface area (TPSA) is 67.2 Å². The first-order chi connectivity index (χ1) is 10.1. The van der Waals surface area contributed by atoms with Gasteiger partial charge in [-0.05, 0) is 52.4 Å². The molecule has 6 heteroatoms. The second kappa shape index (κ2) is 5.89. The van der Waals surface area contributed by atoms with Crippen molar-refractivity contribution in [3.8, 4) is 5.75 Å². The highest BCUT2D eigenvalue weighted by molar-refractivity contribution is 9.10. The molecule has 0 atom stereocenters. The summed E-state index contributed by atoms with van der Waals surface area (Å²) >= 11 is 3.35. The number of halogens is 1. The Morgan fingerprint density at radius 2 is 2.05 bits per heavy atom. The maximum Gasteiger partial charge on any atom is 0.283 e. The van der Waals surface area contributed by atoms with Gasteiger partial charge in [-0.2, -0.15) is 5.10 Å². The Bertz CT molecular complexity index is 693. The van der Waals surface area contributed by atoms with Crippen LogP contribution < -0.4 is 10.9 Å². The van der Waals surface area contributed by atoms with Gasteiger partial charge in [0.25, 0.3) is 5.56 Å². The van der Waals surface area contributed by atoms with Gasteiger partial charge in [0.15, 0.2) is 0 Å². The van der Waals surface area contributed by atoms with Crippen LogP contribution in [0.15, 0.2) is 39.7 Å². The van der Waals surface area contributed by atoms with Crippen LogP contribution >= 0.6 is 15.9 Å². The van der Waals surface area contributed by atoms with E-state index < -0.39 is 0 Å². The Morgan fingerprint density at radius 3 is 2.71 bits per heavy atom. The normalized spacial score (nSPS) is 14.1. The molecule has 5 nitrogen and oxygen atoms in total. The lowest BCUT2D eigenvalue weighted by molar-refractivity contribution is 0.475. The predicted octanol–water partition coefficient (Wildman–Crippen LogP) is 2.73. The van der Waals surface area contributed by atoms with Crippen molar-refractivity contribution >= 4 is 21.6 Å². The maximum absolute atomic E-state index is 12.2. The lowest BCUT2D eigenvalue weighted by atomic mass is 10.2. The van der Waals surface area contributed by atoms with Gasteiger partial charge in [0, 0.05) is 13.1 Å². The van der Waals surface area contributed by atoms with E-state index in [0.29, 0.717) is 29.2 Å². The zero-order valence-electron chi connectivity index (χ0n) is 11.4. The number of rotatable bonds is 5. The van der Waals surface area contributed by atoms with E-state index >= 15 is 0 Å². The molecule has 0 bridgehead atoms. The molecule has 1 aromatic carbocycles. The Balaban J connectivity index is 1.71. The number of nitrogens with one attached hydrogen (secondary N) is 1. The van der Waals surface area contributed by atoms with Crippen molar-refractivity contribution in [3.05, 3.63) is 50.9 Å². The Kier molecular flexibility index (Phi) is 3.96. The van der Waals surface area contributed by atoms with Gasteiger partial charge in [-0.1, -0.05) is 12.1 Å². The largest absolute Gasteiger partial charge is 0.508 e. The third kappa shape index (κ3) is 3.44. The van der Waals surface area contributed by atoms with Crippen LogP contribution in [-0.4, -0.2) is 14.9 Å². The van der Waals surface area contributed by atoms with Gasteiger partial charge in [0.1, 0.15) is 10.2 Å². The van der Waals surface area contributed by atoms with Gasteiger partial charge >= 0.3 is 0 Å². The van der Waals surface area contributed by atoms with Crippen LogP contribution in [0.4, 0.5) is 5.69 Å². The Hall–Kier alpha value is -1.82. The van der Waals surface area contributed by atoms with Gasteiger partial charge < -0.3 is 10.4 Å². The molecule has 0 saturated heterocycles. The van der Waals surface area contributed by atoms with Gasteiger partial charge in [-0.15, -0.1) is 0 Å². The van der Waals surface area contributed by atoms with E-state index in [0.717, 1.165) is 5.56 Å². The molecule has 21 heavy (non-hydrogen) atoms. The highest BCUT2D eigenvalue weighted by Crippen LogP contribution is 2.30. The minimum absolute atomic E-state index is 0.0994. The molecule has 1 saturated carbocycles. The van der Waals surface area contributed by atoms with Gasteiger partial charge in [-0.25, -0.2) is 4.68 Å². The molecule has 1 heterocycles. The number of benzene rings is 1. The average molecular weight is 350 g/mol. The van der Waals surface area contributed by atoms with Crippen molar-refractivity contribution < 1.29 is 5.11 Å². The third-order valence-corrected chi connectivity index (χ3v) is 4.30. The molecule has 1 aliphatic carbocycles. The fourth-order valence-electron chi connectivity index (χ4n) is 2.07. The Morgan fingerprint density at radius 1 is 1.33 bits per heavy atom. The lowest BCUT2D eigenvalue weighted by Crippen LogP contribution is -2.25. The number of phenolic OH excluding ortho intramolecular Hbond substituents is 1. The van der Waals surface area contributed by atoms with Crippen LogP contribution in [0.2, 0.25) is 0 Å². The summed E-state index contributed by atoms with van der Waals surface area (Å²) in [5.74, 6) is 0.849. The number of anilines is 1. The molecular formula is C15H16BrN3O2. The lowest BCUT2D eigenvalue weighted by Gasteiger charge is -2.10. The number of aromatic nitrogens is 2. The zero-order chi connectivity index (χ0) is 14.8. The molecule has 110 valence electrons. The summed E-state index contributed by atoms with van der Waals surface area (Å²) in [5.41, 5.74) is 1.60. The maximum atomic E-state index is 12.2. The summed E-state index contributed by atoms with van der Waals surface area (Å²) in [6.45, 7) is 1.27. The summed E-state index contributed by atoms with van der Waals surface area (Å²) in [7, 11) is 0. The molecule has 0 aliphatic heterocycles. The van der Waals surface area contributed by atoms with Crippen LogP contribution in [0.25, 0.3) is 0 Å². The summed E-state index contributed by atoms with van der Waals surface area (Å²) in [6.07, 6.45) is 4.05. The van der Waals surface area contributed by atoms with E-state index in [9.17, 15) is 9.90 Å². The highest BCUT2D eigenvalue weighted by Gasteiger charge is 2.23. The fourth-order valence-corrected chi connectivity index (χ4v) is 2.52. The zero-order valence-corrected chi connectivity index (χ0v) is 13.0. The molecule has 1 fully saturated rings. The van der Waals surface area contributed by atoms with Crippen LogP contribution in [0, 0.1) is 5.92 Å². The van der Waals surface area contributed by atoms with E-state index in [2.05, 4.69) is 26.3 Å². The van der Waals surface area contributed by atoms with Crippen LogP contribution in [0.5, 0.6) is 5.75 Å². The van der Waals surface area contributed by atoms with Gasteiger partial charge in [0.2, 0.25) is 0 Å². The predicted molar refractivity (Wildman–Crippen MR) is 84.4 cm³/mol. The molecule has 2 N–H and O–H groups in total. The van der Waals surface area contributed by atoms with E-state index in [1.54, 1.807) is 18.3 Å². The van der Waals surface area contributed by atoms with Crippen molar-refractivity contribution in [1.82, 2.24) is 9.78 Å². The van der Waals surface area contributed by atoms with Crippen molar-refractivity contribution in [1.29, 1.82) is 0 Å². The third-order valence-electron chi connectivity index (χ3n) is 3.53. The van der Waals surface area contributed by atoms with Crippen LogP contribution in [-0.2, 0) is 13.1 Å². The molecule has 0 spiro atoms. The summed E-state index contributed by atoms with van der Waals surface area (Å²) in [4.78, 5) is 12.2. The second-order valence-corrected chi connectivity index (χ2v) is 6.12.